The van der Waals surface area contributed by atoms with Crippen molar-refractivity contribution in [2.75, 3.05) is 6.61 Å². The molecule has 0 saturated carbocycles. The molecule has 0 fully saturated rings. The third-order valence-electron chi connectivity index (χ3n) is 1.83. The Balaban J connectivity index is 2.73. The van der Waals surface area contributed by atoms with E-state index in [0.717, 1.165) is 0 Å². The lowest BCUT2D eigenvalue weighted by Gasteiger charge is -2.13. The molecule has 0 saturated heterocycles. The number of carboxylic acid groups (broad SMARTS) is 1. The van der Waals surface area contributed by atoms with Crippen molar-refractivity contribution in [3.05, 3.63) is 18.0 Å². The highest BCUT2D eigenvalue weighted by Gasteiger charge is 2.15. The van der Waals surface area contributed by atoms with Gasteiger partial charge in [-0.1, -0.05) is 0 Å². The lowest BCUT2D eigenvalue weighted by Crippen LogP contribution is -2.19. The van der Waals surface area contributed by atoms with Gasteiger partial charge in [0.2, 0.25) is 0 Å². The van der Waals surface area contributed by atoms with Gasteiger partial charge in [-0.05, 0) is 13.0 Å². The minimum absolute atomic E-state index is 0.0784. The Morgan fingerprint density at radius 1 is 1.67 bits per heavy atom. The van der Waals surface area contributed by atoms with Gasteiger partial charge in [0, 0.05) is 13.1 Å². The monoisotopic (exact) mass is 212 g/mol. The molecule has 1 rings (SSSR count). The topological polar surface area (TPSA) is 81.4 Å². The highest BCUT2D eigenvalue weighted by molar-refractivity contribution is 5.85. The molecule has 0 bridgehead atoms. The highest BCUT2D eigenvalue weighted by Crippen LogP contribution is 2.09. The molecule has 0 unspecified atom stereocenters. The molecular formula is C9H12N2O4. The molecule has 1 aromatic heterocycles. The van der Waals surface area contributed by atoms with E-state index in [1.807, 2.05) is 0 Å². The van der Waals surface area contributed by atoms with Crippen molar-refractivity contribution in [3.8, 4) is 0 Å². The number of aromatic nitrogens is 2. The number of rotatable bonds is 4. The Morgan fingerprint density at radius 2 is 2.33 bits per heavy atom. The van der Waals surface area contributed by atoms with Gasteiger partial charge >= 0.3 is 11.9 Å². The molecule has 6 heteroatoms. The van der Waals surface area contributed by atoms with Gasteiger partial charge in [0.15, 0.2) is 0 Å². The van der Waals surface area contributed by atoms with Crippen molar-refractivity contribution in [1.82, 2.24) is 9.78 Å². The first-order chi connectivity index (χ1) is 7.02. The smallest absolute Gasteiger partial charge is 0.354 e. The molecule has 0 amide bonds. The zero-order valence-electron chi connectivity index (χ0n) is 8.51. The van der Waals surface area contributed by atoms with Crippen LogP contribution in [0, 0.1) is 0 Å². The Kier molecular flexibility index (Phi) is 3.43. The Morgan fingerprint density at radius 3 is 2.87 bits per heavy atom. The fourth-order valence-electron chi connectivity index (χ4n) is 1.14. The summed E-state index contributed by atoms with van der Waals surface area (Å²) in [6.07, 6.45) is 1.40. The summed E-state index contributed by atoms with van der Waals surface area (Å²) in [6.45, 7) is 3.13. The zero-order chi connectivity index (χ0) is 11.4. The van der Waals surface area contributed by atoms with E-state index in [4.69, 9.17) is 9.84 Å². The van der Waals surface area contributed by atoms with E-state index in [0.29, 0.717) is 0 Å². The van der Waals surface area contributed by atoms with Gasteiger partial charge in [-0.25, -0.2) is 4.79 Å². The van der Waals surface area contributed by atoms with E-state index in [1.165, 1.54) is 23.9 Å². The first kappa shape index (κ1) is 11.2. The van der Waals surface area contributed by atoms with E-state index in [1.54, 1.807) is 6.92 Å². The van der Waals surface area contributed by atoms with Crippen LogP contribution in [0.1, 0.15) is 30.4 Å². The van der Waals surface area contributed by atoms with Gasteiger partial charge in [0.25, 0.3) is 0 Å². The largest absolute Gasteiger partial charge is 0.477 e. The third kappa shape index (κ3) is 2.80. The summed E-state index contributed by atoms with van der Waals surface area (Å²) < 4.78 is 6.08. The van der Waals surface area contributed by atoms with Crippen molar-refractivity contribution < 1.29 is 19.4 Å². The molecule has 0 aliphatic carbocycles. The number of aromatic carboxylic acids is 1. The molecular weight excluding hydrogens is 200 g/mol. The molecule has 0 aromatic carbocycles. The van der Waals surface area contributed by atoms with Crippen LogP contribution in [0.25, 0.3) is 0 Å². The average Bonchev–Trinajstić information content (AvgIpc) is 2.62. The zero-order valence-corrected chi connectivity index (χ0v) is 8.51. The lowest BCUT2D eigenvalue weighted by atomic mass is 10.3. The summed E-state index contributed by atoms with van der Waals surface area (Å²) in [5.74, 6) is -1.45. The van der Waals surface area contributed by atoms with Crippen molar-refractivity contribution in [2.45, 2.75) is 19.9 Å². The first-order valence-electron chi connectivity index (χ1n) is 4.42. The summed E-state index contributed by atoms with van der Waals surface area (Å²) in [5, 5.41) is 12.7. The predicted molar refractivity (Wildman–Crippen MR) is 50.5 cm³/mol. The molecule has 0 aliphatic rings. The van der Waals surface area contributed by atoms with Crippen molar-refractivity contribution in [2.24, 2.45) is 0 Å². The number of ether oxygens (including phenoxy) is 1. The van der Waals surface area contributed by atoms with E-state index in [-0.39, 0.29) is 18.3 Å². The minimum atomic E-state index is -1.05. The van der Waals surface area contributed by atoms with Gasteiger partial charge in [0.05, 0.1) is 6.04 Å². The SMILES string of the molecule is CC(=O)OC[C@H](C)n1nccc1C(=O)O. The molecule has 0 radical (unpaired) electrons. The quantitative estimate of drug-likeness (QED) is 0.743. The van der Waals surface area contributed by atoms with E-state index in [2.05, 4.69) is 5.10 Å². The van der Waals surface area contributed by atoms with Crippen molar-refractivity contribution in [3.63, 3.8) is 0 Å². The fraction of sp³-hybridized carbons (Fsp3) is 0.444. The number of hydrogen-bond acceptors (Lipinski definition) is 4. The minimum Gasteiger partial charge on any atom is -0.477 e. The third-order valence-corrected chi connectivity index (χ3v) is 1.83. The van der Waals surface area contributed by atoms with Crippen LogP contribution < -0.4 is 0 Å². The van der Waals surface area contributed by atoms with E-state index in [9.17, 15) is 9.59 Å². The number of carbonyl (C=O) groups is 2. The maximum absolute atomic E-state index is 10.8. The Labute approximate surface area is 86.5 Å². The summed E-state index contributed by atoms with van der Waals surface area (Å²) in [6, 6.07) is 1.10. The molecule has 0 aliphatic heterocycles. The molecule has 6 nitrogen and oxygen atoms in total. The second kappa shape index (κ2) is 4.59. The van der Waals surface area contributed by atoms with Crippen molar-refractivity contribution in [1.29, 1.82) is 0 Å². The summed E-state index contributed by atoms with van der Waals surface area (Å²) >= 11 is 0. The second-order valence-electron chi connectivity index (χ2n) is 3.12. The number of nitrogens with zero attached hydrogens (tertiary/aromatic N) is 2. The number of esters is 1. The van der Waals surface area contributed by atoms with E-state index >= 15 is 0 Å². The number of carbonyl (C=O) groups excluding carboxylic acids is 1. The van der Waals surface area contributed by atoms with Crippen LogP contribution in [0.2, 0.25) is 0 Å². The van der Waals surface area contributed by atoms with Crippen LogP contribution in [-0.2, 0) is 9.53 Å². The second-order valence-corrected chi connectivity index (χ2v) is 3.12. The van der Waals surface area contributed by atoms with Gasteiger partial charge in [-0.15, -0.1) is 0 Å². The normalized spacial score (nSPS) is 12.1. The van der Waals surface area contributed by atoms with Crippen LogP contribution in [0.15, 0.2) is 12.3 Å². The molecule has 1 aromatic rings. The average molecular weight is 212 g/mol. The van der Waals surface area contributed by atoms with Crippen LogP contribution in [0.5, 0.6) is 0 Å². The number of carboxylic acids is 1. The Hall–Kier alpha value is -1.85. The van der Waals surface area contributed by atoms with Crippen LogP contribution in [0.3, 0.4) is 0 Å². The summed E-state index contributed by atoms with van der Waals surface area (Å²) in [4.78, 5) is 21.3. The molecule has 1 N–H and O–H groups in total. The summed E-state index contributed by atoms with van der Waals surface area (Å²) in [5.41, 5.74) is 0.0784. The van der Waals surface area contributed by atoms with Crippen LogP contribution in [0.4, 0.5) is 0 Å². The standard InChI is InChI=1S/C9H12N2O4/c1-6(5-15-7(2)12)11-8(9(13)14)3-4-10-11/h3-4,6H,5H2,1-2H3,(H,13,14)/t6-/m0/s1. The molecule has 0 spiro atoms. The van der Waals surface area contributed by atoms with E-state index < -0.39 is 11.9 Å². The maximum atomic E-state index is 10.8. The van der Waals surface area contributed by atoms with Gasteiger partial charge < -0.3 is 9.84 Å². The lowest BCUT2D eigenvalue weighted by molar-refractivity contribution is -0.142. The first-order valence-corrected chi connectivity index (χ1v) is 4.42. The molecule has 82 valence electrons. The summed E-state index contributed by atoms with van der Waals surface area (Å²) in [7, 11) is 0. The molecule has 15 heavy (non-hydrogen) atoms. The highest BCUT2D eigenvalue weighted by atomic mass is 16.5. The van der Waals surface area contributed by atoms with Gasteiger partial charge in [-0.3, -0.25) is 9.48 Å². The van der Waals surface area contributed by atoms with Gasteiger partial charge in [-0.2, -0.15) is 5.10 Å². The molecule has 1 heterocycles. The number of hydrogen-bond donors (Lipinski definition) is 1. The molecule has 1 atom stereocenters. The van der Waals surface area contributed by atoms with Crippen LogP contribution in [-0.4, -0.2) is 33.4 Å². The maximum Gasteiger partial charge on any atom is 0.354 e. The fourth-order valence-corrected chi connectivity index (χ4v) is 1.14. The van der Waals surface area contributed by atoms with Crippen molar-refractivity contribution >= 4 is 11.9 Å². The Bertz CT molecular complexity index is 372. The van der Waals surface area contributed by atoms with Crippen LogP contribution >= 0.6 is 0 Å². The van der Waals surface area contributed by atoms with Gasteiger partial charge in [0.1, 0.15) is 12.3 Å². The predicted octanol–water partition coefficient (Wildman–Crippen LogP) is 0.705.